The van der Waals surface area contributed by atoms with Crippen LogP contribution in [0.2, 0.25) is 0 Å². The predicted molar refractivity (Wildman–Crippen MR) is 88.0 cm³/mol. The van der Waals surface area contributed by atoms with Gasteiger partial charge in [-0.2, -0.15) is 0 Å². The zero-order valence-electron chi connectivity index (χ0n) is 12.7. The highest BCUT2D eigenvalue weighted by molar-refractivity contribution is 6.63. The van der Waals surface area contributed by atoms with Crippen molar-refractivity contribution in [3.05, 3.63) is 66.4 Å². The molecule has 0 atom stereocenters. The predicted octanol–water partition coefficient (Wildman–Crippen LogP) is 3.20. The summed E-state index contributed by atoms with van der Waals surface area (Å²) in [7, 11) is -0.590. The molecule has 22 heavy (non-hydrogen) atoms. The fourth-order valence-corrected chi connectivity index (χ4v) is 2.46. The second kappa shape index (κ2) is 5.46. The van der Waals surface area contributed by atoms with Gasteiger partial charge < -0.3 is 9.31 Å². The molecule has 0 spiro atoms. The summed E-state index contributed by atoms with van der Waals surface area (Å²) in [6, 6.07) is 15.6. The number of hydrogen-bond donors (Lipinski definition) is 0. The van der Waals surface area contributed by atoms with Crippen LogP contribution < -0.4 is 5.46 Å². The maximum Gasteiger partial charge on any atom is 0.564 e. The van der Waals surface area contributed by atoms with Crippen LogP contribution in [0.15, 0.2) is 60.9 Å². The van der Waals surface area contributed by atoms with Crippen molar-refractivity contribution in [1.29, 1.82) is 0 Å². The maximum absolute atomic E-state index is 11.5. The van der Waals surface area contributed by atoms with E-state index in [-0.39, 0.29) is 0 Å². The third-order valence-electron chi connectivity index (χ3n) is 3.90. The molecule has 0 saturated carbocycles. The van der Waals surface area contributed by atoms with Gasteiger partial charge in [-0.15, -0.1) is 0 Å². The van der Waals surface area contributed by atoms with Crippen molar-refractivity contribution in [1.82, 2.24) is 0 Å². The molecule has 1 aliphatic heterocycles. The fraction of sp³-hybridized carbons (Fsp3) is 0.167. The third kappa shape index (κ3) is 2.58. The van der Waals surface area contributed by atoms with Gasteiger partial charge in [-0.05, 0) is 31.0 Å². The van der Waals surface area contributed by atoms with Crippen molar-refractivity contribution in [2.24, 2.45) is 0 Å². The summed E-state index contributed by atoms with van der Waals surface area (Å²) in [6.07, 6.45) is 0.836. The topological polar surface area (TPSA) is 35.5 Å². The molecule has 0 N–H and O–H groups in total. The monoisotopic (exact) mass is 292 g/mol. The van der Waals surface area contributed by atoms with E-state index in [4.69, 9.17) is 9.31 Å². The van der Waals surface area contributed by atoms with Crippen LogP contribution in [0.3, 0.4) is 0 Å². The summed E-state index contributed by atoms with van der Waals surface area (Å²) < 4.78 is 11.5. The highest BCUT2D eigenvalue weighted by atomic mass is 16.7. The van der Waals surface area contributed by atoms with Crippen molar-refractivity contribution in [3.63, 3.8) is 0 Å². The van der Waals surface area contributed by atoms with Crippen molar-refractivity contribution in [3.8, 4) is 11.1 Å². The lowest BCUT2D eigenvalue weighted by Gasteiger charge is -2.15. The average molecular weight is 292 g/mol. The smallest absolute Gasteiger partial charge is 0.534 e. The van der Waals surface area contributed by atoms with Crippen molar-refractivity contribution in [2.45, 2.75) is 19.4 Å². The SMILES string of the molecule is C=C1OB(c2ccc(-c3ccccc3)cc2C=O)OC1(C)C. The van der Waals surface area contributed by atoms with E-state index in [1.54, 1.807) is 0 Å². The minimum Gasteiger partial charge on any atom is -0.534 e. The lowest BCUT2D eigenvalue weighted by molar-refractivity contribution is 0.112. The molecule has 0 amide bonds. The van der Waals surface area contributed by atoms with Crippen LogP contribution in [0.1, 0.15) is 24.2 Å². The van der Waals surface area contributed by atoms with Crippen molar-refractivity contribution >= 4 is 18.9 Å². The van der Waals surface area contributed by atoms with Gasteiger partial charge in [0.25, 0.3) is 0 Å². The van der Waals surface area contributed by atoms with Gasteiger partial charge >= 0.3 is 7.12 Å². The Balaban J connectivity index is 1.97. The lowest BCUT2D eigenvalue weighted by atomic mass is 9.75. The summed E-state index contributed by atoms with van der Waals surface area (Å²) >= 11 is 0. The molecule has 2 aromatic carbocycles. The molecule has 1 aliphatic rings. The number of carbonyl (C=O) groups excluding carboxylic acids is 1. The zero-order valence-corrected chi connectivity index (χ0v) is 12.7. The normalized spacial score (nSPS) is 16.5. The molecule has 0 unspecified atom stereocenters. The van der Waals surface area contributed by atoms with Crippen LogP contribution in [0.5, 0.6) is 0 Å². The fourth-order valence-electron chi connectivity index (χ4n) is 2.46. The minimum atomic E-state index is -0.590. The van der Waals surface area contributed by atoms with Gasteiger partial charge in [0.05, 0.1) is 5.76 Å². The molecule has 0 radical (unpaired) electrons. The Kier molecular flexibility index (Phi) is 3.63. The van der Waals surface area contributed by atoms with E-state index in [2.05, 4.69) is 6.58 Å². The van der Waals surface area contributed by atoms with Crippen LogP contribution in [0.4, 0.5) is 0 Å². The van der Waals surface area contributed by atoms with Gasteiger partial charge in [0, 0.05) is 11.0 Å². The van der Waals surface area contributed by atoms with Gasteiger partial charge in [-0.1, -0.05) is 49.0 Å². The number of carbonyl (C=O) groups is 1. The van der Waals surface area contributed by atoms with Crippen LogP contribution in [-0.4, -0.2) is 19.0 Å². The Morgan fingerprint density at radius 3 is 2.41 bits per heavy atom. The average Bonchev–Trinajstić information content (AvgIpc) is 2.81. The third-order valence-corrected chi connectivity index (χ3v) is 3.90. The van der Waals surface area contributed by atoms with E-state index in [1.807, 2.05) is 62.4 Å². The molecule has 0 aliphatic carbocycles. The van der Waals surface area contributed by atoms with Crippen LogP contribution in [0, 0.1) is 0 Å². The van der Waals surface area contributed by atoms with Gasteiger partial charge in [0.1, 0.15) is 11.9 Å². The van der Waals surface area contributed by atoms with Gasteiger partial charge in [0.2, 0.25) is 0 Å². The van der Waals surface area contributed by atoms with Crippen molar-refractivity contribution < 1.29 is 14.1 Å². The van der Waals surface area contributed by atoms with Gasteiger partial charge in [-0.3, -0.25) is 4.79 Å². The summed E-state index contributed by atoms with van der Waals surface area (Å²) in [6.45, 7) is 7.66. The van der Waals surface area contributed by atoms with E-state index in [0.29, 0.717) is 11.3 Å². The summed E-state index contributed by atoms with van der Waals surface area (Å²) in [4.78, 5) is 11.5. The van der Waals surface area contributed by atoms with E-state index in [1.165, 1.54) is 0 Å². The first-order chi connectivity index (χ1) is 10.5. The zero-order chi connectivity index (χ0) is 15.7. The van der Waals surface area contributed by atoms with E-state index in [0.717, 1.165) is 22.9 Å². The summed E-state index contributed by atoms with van der Waals surface area (Å²) in [5.74, 6) is 0.571. The molecule has 1 fully saturated rings. The van der Waals surface area contributed by atoms with E-state index in [9.17, 15) is 4.79 Å². The Morgan fingerprint density at radius 1 is 1.09 bits per heavy atom. The van der Waals surface area contributed by atoms with Crippen LogP contribution in [0.25, 0.3) is 11.1 Å². The molecule has 0 aromatic heterocycles. The molecule has 2 aromatic rings. The van der Waals surface area contributed by atoms with E-state index < -0.39 is 12.7 Å². The molecular formula is C18H17BO3. The number of rotatable bonds is 3. The first-order valence-corrected chi connectivity index (χ1v) is 7.19. The second-order valence-electron chi connectivity index (χ2n) is 5.83. The van der Waals surface area contributed by atoms with Gasteiger partial charge in [0.15, 0.2) is 0 Å². The largest absolute Gasteiger partial charge is 0.564 e. The Labute approximate surface area is 130 Å². The highest BCUT2D eigenvalue weighted by Gasteiger charge is 2.43. The molecular weight excluding hydrogens is 275 g/mol. The second-order valence-corrected chi connectivity index (χ2v) is 5.83. The highest BCUT2D eigenvalue weighted by Crippen LogP contribution is 2.30. The molecule has 110 valence electrons. The summed E-state index contributed by atoms with van der Waals surface area (Å²) in [5.41, 5.74) is 2.79. The van der Waals surface area contributed by atoms with Gasteiger partial charge in [-0.25, -0.2) is 0 Å². The maximum atomic E-state index is 11.5. The molecule has 1 heterocycles. The number of benzene rings is 2. The molecule has 1 saturated heterocycles. The van der Waals surface area contributed by atoms with Crippen LogP contribution >= 0.6 is 0 Å². The summed E-state index contributed by atoms with van der Waals surface area (Å²) in [5, 5.41) is 0. The first-order valence-electron chi connectivity index (χ1n) is 7.19. The molecule has 0 bridgehead atoms. The quantitative estimate of drug-likeness (QED) is 0.643. The minimum absolute atomic E-state index is 0.553. The molecule has 4 heteroatoms. The first kappa shape index (κ1) is 14.6. The standard InChI is InChI=1S/C18H17BO3/c1-13-18(2,3)22-19(21-13)17-10-9-15(11-16(17)12-20)14-7-5-4-6-8-14/h4-12H,1H2,2-3H3. The number of hydrogen-bond acceptors (Lipinski definition) is 3. The van der Waals surface area contributed by atoms with Crippen molar-refractivity contribution in [2.75, 3.05) is 0 Å². The number of aldehydes is 1. The van der Waals surface area contributed by atoms with Crippen LogP contribution in [-0.2, 0) is 9.31 Å². The molecule has 3 nitrogen and oxygen atoms in total. The molecule has 3 rings (SSSR count). The Hall–Kier alpha value is -2.33. The Morgan fingerprint density at radius 2 is 1.82 bits per heavy atom. The Bertz CT molecular complexity index is 722. The lowest BCUT2D eigenvalue weighted by Crippen LogP contribution is -2.36. The van der Waals surface area contributed by atoms with E-state index >= 15 is 0 Å².